The molecule has 2 aromatic rings. The third-order valence-electron chi connectivity index (χ3n) is 3.12. The molecule has 1 aromatic heterocycles. The Morgan fingerprint density at radius 2 is 1.95 bits per heavy atom. The summed E-state index contributed by atoms with van der Waals surface area (Å²) in [6.07, 6.45) is 1.44. The number of anilines is 1. The number of benzene rings is 1. The predicted octanol–water partition coefficient (Wildman–Crippen LogP) is 1.09. The van der Waals surface area contributed by atoms with Gasteiger partial charge in [-0.1, -0.05) is 5.21 Å². The predicted molar refractivity (Wildman–Crippen MR) is 66.2 cm³/mol. The minimum absolute atomic E-state index is 0.00652. The van der Waals surface area contributed by atoms with Gasteiger partial charge in [-0.15, -0.1) is 5.10 Å². The Morgan fingerprint density at radius 1 is 1.29 bits per heavy atom. The number of rotatable bonds is 3. The zero-order chi connectivity index (χ0) is 15.0. The third-order valence-corrected chi connectivity index (χ3v) is 3.12. The lowest BCUT2D eigenvalue weighted by molar-refractivity contribution is 0.102. The van der Waals surface area contributed by atoms with Crippen molar-refractivity contribution in [1.29, 1.82) is 0 Å². The lowest BCUT2D eigenvalue weighted by atomic mass is 10.2. The van der Waals surface area contributed by atoms with Crippen LogP contribution in [0.5, 0.6) is 0 Å². The van der Waals surface area contributed by atoms with Crippen molar-refractivity contribution in [1.82, 2.24) is 20.3 Å². The molecule has 0 bridgehead atoms. The summed E-state index contributed by atoms with van der Waals surface area (Å²) in [5.41, 5.74) is -0.191. The van der Waals surface area contributed by atoms with Crippen LogP contribution in [-0.2, 0) is 0 Å². The van der Waals surface area contributed by atoms with Crippen molar-refractivity contribution >= 4 is 11.6 Å². The number of halogens is 3. The topological polar surface area (TPSA) is 71.8 Å². The molecule has 2 N–H and O–H groups in total. The van der Waals surface area contributed by atoms with Crippen LogP contribution in [0.4, 0.5) is 18.9 Å². The van der Waals surface area contributed by atoms with Gasteiger partial charge in [0.1, 0.15) is 0 Å². The number of carbonyl (C=O) groups excluding carboxylic acids is 1. The van der Waals surface area contributed by atoms with E-state index in [2.05, 4.69) is 20.9 Å². The normalized spacial score (nSPS) is 14.8. The summed E-state index contributed by atoms with van der Waals surface area (Å²) in [7, 11) is 0. The molecule has 0 saturated carbocycles. The first-order chi connectivity index (χ1) is 10.0. The molecule has 0 unspecified atom stereocenters. The smallest absolute Gasteiger partial charge is 0.277 e. The van der Waals surface area contributed by atoms with Crippen molar-refractivity contribution in [2.24, 2.45) is 0 Å². The molecule has 6 nitrogen and oxygen atoms in total. The second-order valence-corrected chi connectivity index (χ2v) is 4.60. The number of nitrogens with one attached hydrogen (secondary N) is 2. The van der Waals surface area contributed by atoms with E-state index in [1.807, 2.05) is 0 Å². The summed E-state index contributed by atoms with van der Waals surface area (Å²) in [6, 6.07) is 1.52. The van der Waals surface area contributed by atoms with Gasteiger partial charge in [0.05, 0.1) is 12.2 Å². The largest absolute Gasteiger partial charge is 0.320 e. The highest BCUT2D eigenvalue weighted by atomic mass is 19.2. The maximum Gasteiger partial charge on any atom is 0.277 e. The van der Waals surface area contributed by atoms with Gasteiger partial charge in [-0.3, -0.25) is 4.79 Å². The monoisotopic (exact) mass is 297 g/mol. The number of aromatic nitrogens is 3. The molecule has 21 heavy (non-hydrogen) atoms. The van der Waals surface area contributed by atoms with Crippen molar-refractivity contribution in [2.75, 3.05) is 18.4 Å². The summed E-state index contributed by atoms with van der Waals surface area (Å²) >= 11 is 0. The Hall–Kier alpha value is -2.42. The summed E-state index contributed by atoms with van der Waals surface area (Å²) in [5, 5.41) is 12.8. The molecule has 3 rings (SSSR count). The first-order valence-corrected chi connectivity index (χ1v) is 6.13. The fraction of sp³-hybridized carbons (Fsp3) is 0.250. The van der Waals surface area contributed by atoms with Gasteiger partial charge in [-0.05, 0) is 0 Å². The highest BCUT2D eigenvalue weighted by Gasteiger charge is 2.22. The second-order valence-electron chi connectivity index (χ2n) is 4.60. The number of hydrogen-bond acceptors (Lipinski definition) is 4. The van der Waals surface area contributed by atoms with Crippen LogP contribution >= 0.6 is 0 Å². The van der Waals surface area contributed by atoms with Crippen molar-refractivity contribution in [3.05, 3.63) is 41.5 Å². The van der Waals surface area contributed by atoms with E-state index in [4.69, 9.17) is 0 Å². The number of nitrogens with zero attached hydrogens (tertiary/aromatic N) is 3. The Labute approximate surface area is 116 Å². The summed E-state index contributed by atoms with van der Waals surface area (Å²) in [5.74, 6) is -5.03. The Morgan fingerprint density at radius 3 is 2.52 bits per heavy atom. The highest BCUT2D eigenvalue weighted by Crippen LogP contribution is 2.18. The van der Waals surface area contributed by atoms with Gasteiger partial charge in [0.25, 0.3) is 5.91 Å². The number of amides is 1. The standard InChI is InChI=1S/C12H10F3N5O/c13-8-1-6(2-9(14)11(8)15)17-12(21)10-5-20(19-18-10)7-3-16-4-7/h1-2,5,7,16H,3-4H2,(H,17,21). The molecule has 1 aliphatic rings. The van der Waals surface area contributed by atoms with Crippen LogP contribution in [-0.4, -0.2) is 34.0 Å². The molecule has 0 spiro atoms. The van der Waals surface area contributed by atoms with Gasteiger partial charge >= 0.3 is 0 Å². The molecule has 1 amide bonds. The molecule has 1 saturated heterocycles. The Kier molecular flexibility index (Phi) is 3.34. The van der Waals surface area contributed by atoms with Gasteiger partial charge in [0.15, 0.2) is 23.1 Å². The third kappa shape index (κ3) is 2.59. The SMILES string of the molecule is O=C(Nc1cc(F)c(F)c(F)c1)c1cn(C2CNC2)nn1. The van der Waals surface area contributed by atoms with Gasteiger partial charge in [0, 0.05) is 30.9 Å². The second kappa shape index (κ2) is 5.17. The molecule has 1 fully saturated rings. The van der Waals surface area contributed by atoms with Crippen LogP contribution in [0.15, 0.2) is 18.3 Å². The van der Waals surface area contributed by atoms with Gasteiger partial charge < -0.3 is 10.6 Å². The highest BCUT2D eigenvalue weighted by molar-refractivity contribution is 6.02. The maximum atomic E-state index is 13.1. The zero-order valence-electron chi connectivity index (χ0n) is 10.6. The van der Waals surface area contributed by atoms with Crippen LogP contribution in [0.1, 0.15) is 16.5 Å². The molecular formula is C12H10F3N5O. The van der Waals surface area contributed by atoms with Gasteiger partial charge in [0.2, 0.25) is 0 Å². The fourth-order valence-electron chi connectivity index (χ4n) is 1.84. The molecule has 1 aliphatic heterocycles. The summed E-state index contributed by atoms with van der Waals surface area (Å²) in [6.45, 7) is 1.47. The lowest BCUT2D eigenvalue weighted by Crippen LogP contribution is -2.43. The van der Waals surface area contributed by atoms with E-state index >= 15 is 0 Å². The molecule has 0 atom stereocenters. The van der Waals surface area contributed by atoms with Crippen LogP contribution < -0.4 is 10.6 Å². The average molecular weight is 297 g/mol. The van der Waals surface area contributed by atoms with E-state index in [0.29, 0.717) is 12.1 Å². The first kappa shape index (κ1) is 13.6. The van der Waals surface area contributed by atoms with Gasteiger partial charge in [-0.2, -0.15) is 0 Å². The average Bonchev–Trinajstić information content (AvgIpc) is 2.83. The molecule has 110 valence electrons. The van der Waals surface area contributed by atoms with Crippen LogP contribution in [0.25, 0.3) is 0 Å². The number of carbonyl (C=O) groups is 1. The zero-order valence-corrected chi connectivity index (χ0v) is 10.6. The minimum atomic E-state index is -1.59. The lowest BCUT2D eigenvalue weighted by Gasteiger charge is -2.26. The van der Waals surface area contributed by atoms with E-state index < -0.39 is 23.4 Å². The van der Waals surface area contributed by atoms with Crippen molar-refractivity contribution in [3.8, 4) is 0 Å². The molecule has 9 heteroatoms. The molecule has 2 heterocycles. The van der Waals surface area contributed by atoms with E-state index in [1.165, 1.54) is 10.9 Å². The van der Waals surface area contributed by atoms with E-state index in [9.17, 15) is 18.0 Å². The van der Waals surface area contributed by atoms with Crippen molar-refractivity contribution in [2.45, 2.75) is 6.04 Å². The van der Waals surface area contributed by atoms with Gasteiger partial charge in [-0.25, -0.2) is 17.9 Å². The first-order valence-electron chi connectivity index (χ1n) is 6.13. The quantitative estimate of drug-likeness (QED) is 0.832. The molecule has 1 aromatic carbocycles. The van der Waals surface area contributed by atoms with E-state index in [1.54, 1.807) is 0 Å². The minimum Gasteiger partial charge on any atom is -0.320 e. The molecule has 0 aliphatic carbocycles. The maximum absolute atomic E-state index is 13.1. The van der Waals surface area contributed by atoms with Crippen molar-refractivity contribution in [3.63, 3.8) is 0 Å². The Balaban J connectivity index is 1.75. The number of hydrogen-bond donors (Lipinski definition) is 2. The Bertz CT molecular complexity index is 675. The fourth-order valence-corrected chi connectivity index (χ4v) is 1.84. The summed E-state index contributed by atoms with van der Waals surface area (Å²) < 4.78 is 40.5. The molecule has 0 radical (unpaired) electrons. The van der Waals surface area contributed by atoms with Crippen LogP contribution in [0, 0.1) is 17.5 Å². The van der Waals surface area contributed by atoms with Crippen molar-refractivity contribution < 1.29 is 18.0 Å². The van der Waals surface area contributed by atoms with Crippen LogP contribution in [0.2, 0.25) is 0 Å². The molecular weight excluding hydrogens is 287 g/mol. The van der Waals surface area contributed by atoms with E-state index in [-0.39, 0.29) is 17.4 Å². The summed E-state index contributed by atoms with van der Waals surface area (Å²) in [4.78, 5) is 11.9. The van der Waals surface area contributed by atoms with E-state index in [0.717, 1.165) is 13.1 Å². The van der Waals surface area contributed by atoms with Crippen LogP contribution in [0.3, 0.4) is 0 Å².